The third kappa shape index (κ3) is 4.27. The average molecular weight is 370 g/mol. The highest BCUT2D eigenvalue weighted by Gasteiger charge is 2.44. The minimum absolute atomic E-state index is 0.0500. The van der Waals surface area contributed by atoms with E-state index in [1.165, 1.54) is 5.56 Å². The summed E-state index contributed by atoms with van der Waals surface area (Å²) in [6.45, 7) is 0.830. The number of nitrogens with one attached hydrogen (secondary N) is 2. The molecule has 1 amide bonds. The van der Waals surface area contributed by atoms with E-state index in [2.05, 4.69) is 22.8 Å². The monoisotopic (exact) mass is 370 g/mol. The first-order valence-corrected chi connectivity index (χ1v) is 8.98. The standard InChI is InChI=1S/C21H26N2O4/c1-25-17-11-16(12-18(26-2)20(17)27-3)22-13-19(24)23-14-21(9-10-21)15-7-5-4-6-8-15/h4-8,11-12,22H,9-10,13-14H2,1-3H3,(H,23,24). The summed E-state index contributed by atoms with van der Waals surface area (Å²) in [6.07, 6.45) is 2.22. The van der Waals surface area contributed by atoms with Gasteiger partial charge in [-0.2, -0.15) is 0 Å². The van der Waals surface area contributed by atoms with Crippen molar-refractivity contribution >= 4 is 11.6 Å². The fourth-order valence-electron chi connectivity index (χ4n) is 3.21. The molecule has 0 bridgehead atoms. The van der Waals surface area contributed by atoms with Crippen molar-refractivity contribution < 1.29 is 19.0 Å². The molecule has 1 aliphatic rings. The van der Waals surface area contributed by atoms with E-state index in [-0.39, 0.29) is 17.9 Å². The quantitative estimate of drug-likeness (QED) is 0.710. The Kier molecular flexibility index (Phi) is 5.74. The lowest BCUT2D eigenvalue weighted by Gasteiger charge is -2.17. The van der Waals surface area contributed by atoms with Gasteiger partial charge in [0.25, 0.3) is 0 Å². The molecule has 2 N–H and O–H groups in total. The molecule has 0 atom stereocenters. The molecule has 0 aromatic heterocycles. The van der Waals surface area contributed by atoms with Gasteiger partial charge in [-0.3, -0.25) is 4.79 Å². The van der Waals surface area contributed by atoms with Gasteiger partial charge in [0.15, 0.2) is 11.5 Å². The summed E-state index contributed by atoms with van der Waals surface area (Å²) in [5.74, 6) is 1.56. The number of methoxy groups -OCH3 is 3. The van der Waals surface area contributed by atoms with Crippen molar-refractivity contribution in [2.45, 2.75) is 18.3 Å². The van der Waals surface area contributed by atoms with E-state index < -0.39 is 0 Å². The third-order valence-corrected chi connectivity index (χ3v) is 4.98. The van der Waals surface area contributed by atoms with E-state index in [4.69, 9.17) is 14.2 Å². The Morgan fingerprint density at radius 3 is 2.15 bits per heavy atom. The van der Waals surface area contributed by atoms with Crippen LogP contribution in [0, 0.1) is 0 Å². The molecular formula is C21H26N2O4. The Hall–Kier alpha value is -2.89. The van der Waals surface area contributed by atoms with Crippen LogP contribution < -0.4 is 24.8 Å². The zero-order valence-electron chi connectivity index (χ0n) is 16.0. The fourth-order valence-corrected chi connectivity index (χ4v) is 3.21. The molecule has 0 radical (unpaired) electrons. The zero-order valence-corrected chi connectivity index (χ0v) is 16.0. The number of benzene rings is 2. The lowest BCUT2D eigenvalue weighted by molar-refractivity contribution is -0.119. The van der Waals surface area contributed by atoms with Crippen LogP contribution in [0.15, 0.2) is 42.5 Å². The second-order valence-electron chi connectivity index (χ2n) is 6.69. The van der Waals surface area contributed by atoms with Crippen molar-refractivity contribution in [1.29, 1.82) is 0 Å². The van der Waals surface area contributed by atoms with Gasteiger partial charge in [0.05, 0.1) is 27.9 Å². The van der Waals surface area contributed by atoms with Crippen molar-refractivity contribution in [3.8, 4) is 17.2 Å². The maximum Gasteiger partial charge on any atom is 0.239 e. The lowest BCUT2D eigenvalue weighted by atomic mass is 9.96. The van der Waals surface area contributed by atoms with Gasteiger partial charge in [-0.15, -0.1) is 0 Å². The molecule has 0 spiro atoms. The first-order valence-electron chi connectivity index (χ1n) is 8.98. The third-order valence-electron chi connectivity index (χ3n) is 4.98. The van der Waals surface area contributed by atoms with Gasteiger partial charge in [-0.25, -0.2) is 0 Å². The molecule has 0 aliphatic heterocycles. The van der Waals surface area contributed by atoms with Crippen molar-refractivity contribution in [3.05, 3.63) is 48.0 Å². The Morgan fingerprint density at radius 2 is 1.63 bits per heavy atom. The highest BCUT2D eigenvalue weighted by atomic mass is 16.5. The molecule has 0 saturated heterocycles. The normalized spacial score (nSPS) is 14.2. The summed E-state index contributed by atoms with van der Waals surface area (Å²) in [4.78, 5) is 12.3. The van der Waals surface area contributed by atoms with Crippen LogP contribution in [-0.4, -0.2) is 40.3 Å². The molecule has 2 aromatic rings. The second-order valence-corrected chi connectivity index (χ2v) is 6.69. The van der Waals surface area contributed by atoms with E-state index in [9.17, 15) is 4.79 Å². The summed E-state index contributed by atoms with van der Waals surface area (Å²) >= 11 is 0. The van der Waals surface area contributed by atoms with Gasteiger partial charge in [0, 0.05) is 29.8 Å². The van der Waals surface area contributed by atoms with Crippen LogP contribution in [0.25, 0.3) is 0 Å². The molecule has 1 fully saturated rings. The lowest BCUT2D eigenvalue weighted by Crippen LogP contribution is -2.35. The first kappa shape index (κ1) is 18.9. The predicted octanol–water partition coefficient (Wildman–Crippen LogP) is 2.97. The van der Waals surface area contributed by atoms with Crippen molar-refractivity contribution in [2.24, 2.45) is 0 Å². The van der Waals surface area contributed by atoms with Crippen LogP contribution in [0.5, 0.6) is 17.2 Å². The van der Waals surface area contributed by atoms with E-state index >= 15 is 0 Å². The maximum atomic E-state index is 12.3. The Labute approximate surface area is 159 Å². The summed E-state index contributed by atoms with van der Waals surface area (Å²) in [5.41, 5.74) is 2.12. The van der Waals surface area contributed by atoms with Gasteiger partial charge in [0.2, 0.25) is 11.7 Å². The van der Waals surface area contributed by atoms with Crippen molar-refractivity contribution in [3.63, 3.8) is 0 Å². The van der Waals surface area contributed by atoms with Crippen LogP contribution in [0.1, 0.15) is 18.4 Å². The smallest absolute Gasteiger partial charge is 0.239 e. The zero-order chi connectivity index (χ0) is 19.3. The van der Waals surface area contributed by atoms with Crippen LogP contribution in [0.4, 0.5) is 5.69 Å². The maximum absolute atomic E-state index is 12.3. The SMILES string of the molecule is COc1cc(NCC(=O)NCC2(c3ccccc3)CC2)cc(OC)c1OC. The topological polar surface area (TPSA) is 68.8 Å². The summed E-state index contributed by atoms with van der Waals surface area (Å²) < 4.78 is 16.0. The highest BCUT2D eigenvalue weighted by Crippen LogP contribution is 2.47. The van der Waals surface area contributed by atoms with E-state index in [0.29, 0.717) is 23.8 Å². The van der Waals surface area contributed by atoms with Crippen LogP contribution in [0.2, 0.25) is 0 Å². The molecule has 6 heteroatoms. The minimum Gasteiger partial charge on any atom is -0.493 e. The van der Waals surface area contributed by atoms with Crippen molar-refractivity contribution in [2.75, 3.05) is 39.7 Å². The molecular weight excluding hydrogens is 344 g/mol. The molecule has 1 saturated carbocycles. The van der Waals surface area contributed by atoms with E-state index in [1.807, 2.05) is 18.2 Å². The van der Waals surface area contributed by atoms with Gasteiger partial charge in [-0.1, -0.05) is 30.3 Å². The molecule has 2 aromatic carbocycles. The molecule has 27 heavy (non-hydrogen) atoms. The van der Waals surface area contributed by atoms with Gasteiger partial charge < -0.3 is 24.8 Å². The Bertz CT molecular complexity index is 763. The van der Waals surface area contributed by atoms with Crippen LogP contribution in [-0.2, 0) is 10.2 Å². The number of hydrogen-bond donors (Lipinski definition) is 2. The Morgan fingerprint density at radius 1 is 1.00 bits per heavy atom. The molecule has 1 aliphatic carbocycles. The number of rotatable bonds is 9. The van der Waals surface area contributed by atoms with Gasteiger partial charge in [0.1, 0.15) is 0 Å². The largest absolute Gasteiger partial charge is 0.493 e. The minimum atomic E-state index is -0.0500. The number of carbonyl (C=O) groups is 1. The number of amides is 1. The molecule has 0 unspecified atom stereocenters. The molecule has 0 heterocycles. The summed E-state index contributed by atoms with van der Waals surface area (Å²) in [6, 6.07) is 13.9. The van der Waals surface area contributed by atoms with Crippen molar-refractivity contribution in [1.82, 2.24) is 5.32 Å². The predicted molar refractivity (Wildman–Crippen MR) is 105 cm³/mol. The van der Waals surface area contributed by atoms with Gasteiger partial charge in [-0.05, 0) is 18.4 Å². The fraction of sp³-hybridized carbons (Fsp3) is 0.381. The number of anilines is 1. The van der Waals surface area contributed by atoms with Gasteiger partial charge >= 0.3 is 0 Å². The summed E-state index contributed by atoms with van der Waals surface area (Å²) in [7, 11) is 4.68. The second kappa shape index (κ2) is 8.20. The van der Waals surface area contributed by atoms with E-state index in [0.717, 1.165) is 18.5 Å². The van der Waals surface area contributed by atoms with Crippen LogP contribution in [0.3, 0.4) is 0 Å². The van der Waals surface area contributed by atoms with E-state index in [1.54, 1.807) is 33.5 Å². The highest BCUT2D eigenvalue weighted by molar-refractivity contribution is 5.81. The first-order chi connectivity index (χ1) is 13.1. The number of hydrogen-bond acceptors (Lipinski definition) is 5. The number of carbonyl (C=O) groups excluding carboxylic acids is 1. The summed E-state index contributed by atoms with van der Waals surface area (Å²) in [5, 5.41) is 6.16. The average Bonchev–Trinajstić information content (AvgIpc) is 3.51. The Balaban J connectivity index is 1.57. The number of ether oxygens (including phenoxy) is 3. The molecule has 6 nitrogen and oxygen atoms in total. The molecule has 3 rings (SSSR count). The molecule has 144 valence electrons. The van der Waals surface area contributed by atoms with Crippen LogP contribution >= 0.6 is 0 Å².